The Bertz CT molecular complexity index is 439. The van der Waals surface area contributed by atoms with Gasteiger partial charge in [-0.05, 0) is 38.3 Å². The van der Waals surface area contributed by atoms with E-state index in [-0.39, 0.29) is 5.91 Å². The first-order valence-corrected chi connectivity index (χ1v) is 7.72. The maximum absolute atomic E-state index is 12.5. The fraction of sp³-hybridized carbons (Fsp3) is 0.625. The maximum atomic E-state index is 12.5. The number of carbonyl (C=O) groups is 1. The molecule has 4 nitrogen and oxygen atoms in total. The van der Waals surface area contributed by atoms with Crippen LogP contribution >= 0.6 is 0 Å². The predicted octanol–water partition coefficient (Wildman–Crippen LogP) is 3.31. The molecular weight excluding hydrogens is 250 g/mol. The molecule has 1 aromatic rings. The highest BCUT2D eigenvalue weighted by atomic mass is 16.2. The topological polar surface area (TPSA) is 45.2 Å². The average molecular weight is 275 g/mol. The van der Waals surface area contributed by atoms with Crippen molar-refractivity contribution in [3.05, 3.63) is 24.0 Å². The number of amides is 1. The average Bonchev–Trinajstić information content (AvgIpc) is 2.75. The van der Waals surface area contributed by atoms with Gasteiger partial charge in [0, 0.05) is 31.0 Å². The van der Waals surface area contributed by atoms with E-state index in [2.05, 4.69) is 24.1 Å². The van der Waals surface area contributed by atoms with Gasteiger partial charge in [0.25, 0.3) is 5.91 Å². The summed E-state index contributed by atoms with van der Waals surface area (Å²) in [6.45, 7) is 6.01. The largest absolute Gasteiger partial charge is 0.382 e. The second-order valence-electron chi connectivity index (χ2n) is 5.59. The minimum absolute atomic E-state index is 0.0692. The van der Waals surface area contributed by atoms with E-state index in [1.54, 1.807) is 6.20 Å². The van der Waals surface area contributed by atoms with Crippen molar-refractivity contribution in [3.8, 4) is 0 Å². The van der Waals surface area contributed by atoms with Gasteiger partial charge in [0.2, 0.25) is 0 Å². The molecular formula is C16H25N3O. The van der Waals surface area contributed by atoms with Gasteiger partial charge in [0.15, 0.2) is 0 Å². The molecule has 1 atom stereocenters. The van der Waals surface area contributed by atoms with Gasteiger partial charge in [-0.25, -0.2) is 0 Å². The van der Waals surface area contributed by atoms with E-state index in [0.29, 0.717) is 11.7 Å². The van der Waals surface area contributed by atoms with Crippen molar-refractivity contribution in [1.29, 1.82) is 0 Å². The number of nitrogens with zero attached hydrogens (tertiary/aromatic N) is 2. The summed E-state index contributed by atoms with van der Waals surface area (Å²) in [4.78, 5) is 18.7. The highest BCUT2D eigenvalue weighted by molar-refractivity contribution is 5.93. The molecule has 1 aliphatic rings. The maximum Gasteiger partial charge on any atom is 0.272 e. The van der Waals surface area contributed by atoms with E-state index in [1.807, 2.05) is 17.0 Å². The molecule has 110 valence electrons. The van der Waals surface area contributed by atoms with Gasteiger partial charge in [-0.15, -0.1) is 0 Å². The molecule has 1 aromatic heterocycles. The SMILES string of the molecule is CCC(C)Nc1ccnc(C(=O)N2CCCCCC2)c1. The standard InChI is InChI=1S/C16H25N3O/c1-3-13(2)18-14-8-9-17-15(12-14)16(20)19-10-6-4-5-7-11-19/h8-9,12-13H,3-7,10-11H2,1-2H3,(H,17,18). The smallest absolute Gasteiger partial charge is 0.272 e. The van der Waals surface area contributed by atoms with Gasteiger partial charge in [-0.1, -0.05) is 19.8 Å². The third-order valence-corrected chi connectivity index (χ3v) is 3.90. The zero-order chi connectivity index (χ0) is 14.4. The molecule has 1 aliphatic heterocycles. The second kappa shape index (κ2) is 7.27. The highest BCUT2D eigenvalue weighted by Gasteiger charge is 2.18. The molecule has 4 heteroatoms. The molecule has 0 aliphatic carbocycles. The molecule has 0 aromatic carbocycles. The van der Waals surface area contributed by atoms with Crippen LogP contribution in [-0.4, -0.2) is 34.9 Å². The number of rotatable bonds is 4. The Morgan fingerprint density at radius 3 is 2.70 bits per heavy atom. The minimum atomic E-state index is 0.0692. The van der Waals surface area contributed by atoms with E-state index in [1.165, 1.54) is 12.8 Å². The second-order valence-corrected chi connectivity index (χ2v) is 5.59. The molecule has 1 amide bonds. The summed E-state index contributed by atoms with van der Waals surface area (Å²) in [7, 11) is 0. The van der Waals surface area contributed by atoms with Crippen LogP contribution in [0.3, 0.4) is 0 Å². The molecule has 0 radical (unpaired) electrons. The van der Waals surface area contributed by atoms with Crippen molar-refractivity contribution >= 4 is 11.6 Å². The lowest BCUT2D eigenvalue weighted by molar-refractivity contribution is 0.0756. The first kappa shape index (κ1) is 14.8. The molecule has 2 heterocycles. The Labute approximate surface area is 121 Å². The van der Waals surface area contributed by atoms with Gasteiger partial charge in [-0.2, -0.15) is 0 Å². The van der Waals surface area contributed by atoms with Crippen molar-refractivity contribution in [1.82, 2.24) is 9.88 Å². The zero-order valence-corrected chi connectivity index (χ0v) is 12.6. The van der Waals surface area contributed by atoms with Crippen molar-refractivity contribution in [2.45, 2.75) is 52.0 Å². The van der Waals surface area contributed by atoms with Crippen LogP contribution in [0.15, 0.2) is 18.3 Å². The molecule has 0 saturated carbocycles. The Hall–Kier alpha value is -1.58. The van der Waals surface area contributed by atoms with Gasteiger partial charge in [0.1, 0.15) is 5.69 Å². The number of nitrogens with one attached hydrogen (secondary N) is 1. The molecule has 20 heavy (non-hydrogen) atoms. The number of carbonyl (C=O) groups excluding carboxylic acids is 1. The van der Waals surface area contributed by atoms with Crippen LogP contribution in [0.2, 0.25) is 0 Å². The van der Waals surface area contributed by atoms with E-state index in [9.17, 15) is 4.79 Å². The summed E-state index contributed by atoms with van der Waals surface area (Å²) in [5.74, 6) is 0.0692. The summed E-state index contributed by atoms with van der Waals surface area (Å²) in [5, 5.41) is 3.39. The zero-order valence-electron chi connectivity index (χ0n) is 12.6. The number of anilines is 1. The summed E-state index contributed by atoms with van der Waals surface area (Å²) >= 11 is 0. The fourth-order valence-electron chi connectivity index (χ4n) is 2.46. The third-order valence-electron chi connectivity index (χ3n) is 3.90. The van der Waals surface area contributed by atoms with E-state index < -0.39 is 0 Å². The predicted molar refractivity (Wildman–Crippen MR) is 82.0 cm³/mol. The van der Waals surface area contributed by atoms with Crippen molar-refractivity contribution in [2.75, 3.05) is 18.4 Å². The van der Waals surface area contributed by atoms with E-state index in [0.717, 1.165) is 38.0 Å². The monoisotopic (exact) mass is 275 g/mol. The van der Waals surface area contributed by atoms with Gasteiger partial charge < -0.3 is 10.2 Å². The third kappa shape index (κ3) is 3.95. The number of likely N-dealkylation sites (tertiary alicyclic amines) is 1. The lowest BCUT2D eigenvalue weighted by atomic mass is 10.2. The van der Waals surface area contributed by atoms with Crippen LogP contribution in [0.25, 0.3) is 0 Å². The number of hydrogen-bond donors (Lipinski definition) is 1. The Kier molecular flexibility index (Phi) is 5.39. The molecule has 1 unspecified atom stereocenters. The van der Waals surface area contributed by atoms with Crippen molar-refractivity contribution in [2.24, 2.45) is 0 Å². The van der Waals surface area contributed by atoms with Crippen LogP contribution in [0, 0.1) is 0 Å². The lowest BCUT2D eigenvalue weighted by Crippen LogP contribution is -2.32. The Morgan fingerprint density at radius 2 is 2.05 bits per heavy atom. The lowest BCUT2D eigenvalue weighted by Gasteiger charge is -2.20. The number of pyridine rings is 1. The summed E-state index contributed by atoms with van der Waals surface area (Å²) in [6.07, 6.45) is 7.44. The summed E-state index contributed by atoms with van der Waals surface area (Å²) in [5.41, 5.74) is 1.53. The fourth-order valence-corrected chi connectivity index (χ4v) is 2.46. The van der Waals surface area contributed by atoms with E-state index >= 15 is 0 Å². The first-order chi connectivity index (χ1) is 9.70. The van der Waals surface area contributed by atoms with Crippen LogP contribution in [-0.2, 0) is 0 Å². The summed E-state index contributed by atoms with van der Waals surface area (Å²) in [6, 6.07) is 4.20. The highest BCUT2D eigenvalue weighted by Crippen LogP contribution is 2.15. The minimum Gasteiger partial charge on any atom is -0.382 e. The van der Waals surface area contributed by atoms with Crippen LogP contribution in [0.1, 0.15) is 56.4 Å². The van der Waals surface area contributed by atoms with Crippen LogP contribution in [0.4, 0.5) is 5.69 Å². The quantitative estimate of drug-likeness (QED) is 0.917. The Morgan fingerprint density at radius 1 is 1.35 bits per heavy atom. The first-order valence-electron chi connectivity index (χ1n) is 7.72. The van der Waals surface area contributed by atoms with Crippen LogP contribution in [0.5, 0.6) is 0 Å². The normalized spacial score (nSPS) is 17.4. The Balaban J connectivity index is 2.07. The van der Waals surface area contributed by atoms with Gasteiger partial charge in [0.05, 0.1) is 0 Å². The van der Waals surface area contributed by atoms with Crippen molar-refractivity contribution < 1.29 is 4.79 Å². The van der Waals surface area contributed by atoms with Gasteiger partial charge in [-0.3, -0.25) is 9.78 Å². The van der Waals surface area contributed by atoms with Gasteiger partial charge >= 0.3 is 0 Å². The molecule has 0 bridgehead atoms. The summed E-state index contributed by atoms with van der Waals surface area (Å²) < 4.78 is 0. The van der Waals surface area contributed by atoms with Crippen molar-refractivity contribution in [3.63, 3.8) is 0 Å². The molecule has 1 saturated heterocycles. The molecule has 1 fully saturated rings. The molecule has 0 spiro atoms. The molecule has 2 rings (SSSR count). The number of aromatic nitrogens is 1. The van der Waals surface area contributed by atoms with Crippen LogP contribution < -0.4 is 5.32 Å². The number of hydrogen-bond acceptors (Lipinski definition) is 3. The van der Waals surface area contributed by atoms with E-state index in [4.69, 9.17) is 0 Å². The molecule has 1 N–H and O–H groups in total.